The summed E-state index contributed by atoms with van der Waals surface area (Å²) in [5.74, 6) is 0.914. The molecule has 0 saturated carbocycles. The highest BCUT2D eigenvalue weighted by atomic mass is 16.5. The molecule has 0 N–H and O–H groups in total. The van der Waals surface area contributed by atoms with Gasteiger partial charge in [-0.1, -0.05) is 135 Å². The molecule has 0 amide bonds. The summed E-state index contributed by atoms with van der Waals surface area (Å²) >= 11 is 0. The lowest BCUT2D eigenvalue weighted by Crippen LogP contribution is -2.35. The first-order valence-electron chi connectivity index (χ1n) is 18.3. The first kappa shape index (κ1) is 30.5. The number of aromatic nitrogens is 1. The summed E-state index contributed by atoms with van der Waals surface area (Å²) < 4.78 is 10.0. The first-order chi connectivity index (χ1) is 25.6. The quantitative estimate of drug-likeness (QED) is 0.167. The van der Waals surface area contributed by atoms with Gasteiger partial charge in [-0.05, 0) is 76.9 Å². The number of para-hydroxylation sites is 2. The van der Waals surface area contributed by atoms with Gasteiger partial charge in [0, 0.05) is 44.0 Å². The third-order valence-corrected chi connectivity index (χ3v) is 11.9. The van der Waals surface area contributed by atoms with Crippen molar-refractivity contribution in [1.82, 2.24) is 4.57 Å². The van der Waals surface area contributed by atoms with E-state index in [0.29, 0.717) is 5.69 Å². The van der Waals surface area contributed by atoms with Crippen molar-refractivity contribution in [2.45, 2.75) is 37.7 Å². The van der Waals surface area contributed by atoms with Gasteiger partial charge in [-0.2, -0.15) is 0 Å². The molecule has 8 aromatic rings. The third kappa shape index (κ3) is 4.01. The molecule has 3 nitrogen and oxygen atoms in total. The Hall–Kier alpha value is -6.37. The zero-order valence-corrected chi connectivity index (χ0v) is 29.2. The van der Waals surface area contributed by atoms with Crippen LogP contribution in [-0.2, 0) is 11.0 Å². The number of fused-ring (bicyclic) bond motifs is 11. The zero-order valence-electron chi connectivity index (χ0n) is 29.2. The number of hydrogen-bond acceptors (Lipinski definition) is 1. The minimum Gasteiger partial charge on any atom is -0.472 e. The van der Waals surface area contributed by atoms with Crippen molar-refractivity contribution < 1.29 is 4.74 Å². The zero-order chi connectivity index (χ0) is 35.0. The van der Waals surface area contributed by atoms with Gasteiger partial charge in [0.2, 0.25) is 0 Å². The van der Waals surface area contributed by atoms with E-state index in [2.05, 4.69) is 175 Å². The van der Waals surface area contributed by atoms with Gasteiger partial charge >= 0.3 is 0 Å². The molecule has 0 spiro atoms. The highest BCUT2D eigenvalue weighted by molar-refractivity contribution is 6.10. The van der Waals surface area contributed by atoms with E-state index in [9.17, 15) is 0 Å². The molecule has 248 valence electrons. The van der Waals surface area contributed by atoms with Gasteiger partial charge in [0.25, 0.3) is 0 Å². The minimum absolute atomic E-state index is 0.238. The summed E-state index contributed by atoms with van der Waals surface area (Å²) in [4.78, 5) is 3.85. The predicted octanol–water partition coefficient (Wildman–Crippen LogP) is 12.9. The molecule has 0 bridgehead atoms. The maximum atomic E-state index is 7.83. The third-order valence-electron chi connectivity index (χ3n) is 11.9. The van der Waals surface area contributed by atoms with Gasteiger partial charge in [-0.15, -0.1) is 0 Å². The molecule has 3 heteroatoms. The lowest BCUT2D eigenvalue weighted by atomic mass is 9.71. The summed E-state index contributed by atoms with van der Waals surface area (Å²) in [6, 6.07) is 51.8. The molecule has 0 fully saturated rings. The molecule has 10 rings (SSSR count). The molecule has 1 atom stereocenters. The average Bonchev–Trinajstić information content (AvgIpc) is 3.71. The van der Waals surface area contributed by atoms with Crippen molar-refractivity contribution in [2.24, 2.45) is 0 Å². The van der Waals surface area contributed by atoms with Crippen LogP contribution in [0.4, 0.5) is 5.69 Å². The van der Waals surface area contributed by atoms with Crippen LogP contribution in [0.15, 0.2) is 152 Å². The normalized spacial score (nSPS) is 16.7. The molecular weight excluding hydrogens is 633 g/mol. The molecular formula is C49H36N2O. The molecule has 2 heterocycles. The van der Waals surface area contributed by atoms with Crippen molar-refractivity contribution >= 4 is 44.3 Å². The molecule has 1 aliphatic carbocycles. The Morgan fingerprint density at radius 3 is 2.06 bits per heavy atom. The predicted molar refractivity (Wildman–Crippen MR) is 215 cm³/mol. The fourth-order valence-electron chi connectivity index (χ4n) is 9.43. The summed E-state index contributed by atoms with van der Waals surface area (Å²) in [6.45, 7) is 12.4. The van der Waals surface area contributed by atoms with E-state index in [-0.39, 0.29) is 5.41 Å². The topological polar surface area (TPSA) is 18.5 Å². The van der Waals surface area contributed by atoms with Crippen LogP contribution in [0.1, 0.15) is 54.5 Å². The summed E-state index contributed by atoms with van der Waals surface area (Å²) in [5.41, 5.74) is 11.5. The lowest BCUT2D eigenvalue weighted by Gasteiger charge is -2.39. The van der Waals surface area contributed by atoms with Crippen molar-refractivity contribution in [1.29, 1.82) is 0 Å². The monoisotopic (exact) mass is 668 g/mol. The molecule has 0 saturated heterocycles. The van der Waals surface area contributed by atoms with Crippen LogP contribution in [0.3, 0.4) is 0 Å². The molecule has 1 aromatic heterocycles. The lowest BCUT2D eigenvalue weighted by molar-refractivity contribution is 0.163. The average molecular weight is 669 g/mol. The second-order valence-electron chi connectivity index (χ2n) is 14.1. The maximum absolute atomic E-state index is 7.83. The number of hydrogen-bond donors (Lipinski definition) is 0. The van der Waals surface area contributed by atoms with Crippen molar-refractivity contribution in [3.8, 4) is 22.6 Å². The number of rotatable bonds is 5. The van der Waals surface area contributed by atoms with Crippen LogP contribution in [0.25, 0.3) is 60.3 Å². The molecule has 52 heavy (non-hydrogen) atoms. The van der Waals surface area contributed by atoms with Crippen LogP contribution in [0.5, 0.6) is 5.75 Å². The van der Waals surface area contributed by atoms with E-state index in [1.54, 1.807) is 0 Å². The van der Waals surface area contributed by atoms with E-state index >= 15 is 0 Å². The summed E-state index contributed by atoms with van der Waals surface area (Å²) in [7, 11) is 0. The Balaban J connectivity index is 1.26. The van der Waals surface area contributed by atoms with Gasteiger partial charge in [-0.3, -0.25) is 0 Å². The molecule has 1 unspecified atom stereocenters. The first-order valence-corrected chi connectivity index (χ1v) is 18.3. The fraction of sp³-hybridized carbons (Fsp3) is 0.122. The van der Waals surface area contributed by atoms with Crippen LogP contribution in [0.2, 0.25) is 0 Å². The Bertz CT molecular complexity index is 2800. The second-order valence-corrected chi connectivity index (χ2v) is 14.1. The van der Waals surface area contributed by atoms with Crippen molar-refractivity contribution in [2.75, 3.05) is 0 Å². The van der Waals surface area contributed by atoms with Gasteiger partial charge in [0.1, 0.15) is 5.75 Å². The second kappa shape index (κ2) is 11.3. The number of nitrogens with zero attached hydrogens (tertiary/aromatic N) is 2. The fourth-order valence-corrected chi connectivity index (χ4v) is 9.43. The largest absolute Gasteiger partial charge is 0.472 e. The van der Waals surface area contributed by atoms with E-state index < -0.39 is 5.60 Å². The minimum atomic E-state index is -0.876. The highest BCUT2D eigenvalue weighted by Crippen LogP contribution is 2.60. The highest BCUT2D eigenvalue weighted by Gasteiger charge is 2.47. The van der Waals surface area contributed by atoms with E-state index in [1.807, 2.05) is 6.07 Å². The van der Waals surface area contributed by atoms with Crippen LogP contribution < -0.4 is 4.74 Å². The van der Waals surface area contributed by atoms with Gasteiger partial charge < -0.3 is 9.30 Å². The Morgan fingerprint density at radius 2 is 1.31 bits per heavy atom. The smallest absolute Gasteiger partial charge is 0.187 e. The van der Waals surface area contributed by atoms with E-state index in [0.717, 1.165) is 51.9 Å². The van der Waals surface area contributed by atoms with Crippen LogP contribution >= 0.6 is 0 Å². The van der Waals surface area contributed by atoms with Crippen molar-refractivity contribution in [3.63, 3.8) is 0 Å². The van der Waals surface area contributed by atoms with Gasteiger partial charge in [0.15, 0.2) is 11.3 Å². The summed E-state index contributed by atoms with van der Waals surface area (Å²) in [5, 5.41) is 4.69. The Kier molecular flexibility index (Phi) is 6.63. The van der Waals surface area contributed by atoms with E-state index in [4.69, 9.17) is 11.3 Å². The Morgan fingerprint density at radius 1 is 0.635 bits per heavy atom. The molecule has 0 radical (unpaired) electrons. The standard InChI is InChI=1S/C49H36N2O/c1-4-48(5-2)42-31-34(50-3)25-26-39(42)45-37-21-12-13-22-38(37)47-40(46(45)48)28-29-49(52-47,32-16-8-6-9-17-32)33-24-27-44-41(30-33)36-20-14-15-23-43(36)51(44)35-18-10-7-11-19-35/h6-31H,4-5H2,1-2H3. The Labute approximate surface area is 303 Å². The molecule has 2 aliphatic rings. The van der Waals surface area contributed by atoms with Crippen LogP contribution in [-0.4, -0.2) is 4.57 Å². The number of benzene rings is 7. The summed E-state index contributed by atoms with van der Waals surface area (Å²) in [6.07, 6.45) is 6.49. The van der Waals surface area contributed by atoms with E-state index in [1.165, 1.54) is 43.9 Å². The SMILES string of the molecule is [C-]#[N+]c1ccc2c(c1)C(CC)(CC)c1c3c(c4ccccc4c1-2)OC(c1ccccc1)(c1ccc2c(c1)c1ccccc1n2-c1ccccc1)C=C3. The molecule has 1 aliphatic heterocycles. The van der Waals surface area contributed by atoms with Crippen molar-refractivity contribution in [3.05, 3.63) is 191 Å². The molecule has 7 aromatic carbocycles. The van der Waals surface area contributed by atoms with Gasteiger partial charge in [-0.25, -0.2) is 4.85 Å². The number of ether oxygens (including phenoxy) is 1. The van der Waals surface area contributed by atoms with Gasteiger partial charge in [0.05, 0.1) is 17.6 Å². The van der Waals surface area contributed by atoms with Crippen LogP contribution in [0, 0.1) is 6.57 Å². The maximum Gasteiger partial charge on any atom is 0.187 e.